The van der Waals surface area contributed by atoms with Crippen molar-refractivity contribution in [3.05, 3.63) is 59.4 Å². The first-order valence-electron chi connectivity index (χ1n) is 5.41. The smallest absolute Gasteiger partial charge is 0.337 e. The molecule has 4 nitrogen and oxygen atoms in total. The zero-order chi connectivity index (χ0) is 13.8. The van der Waals surface area contributed by atoms with E-state index < -0.39 is 11.8 Å². The number of benzene rings is 2. The maximum atomic E-state index is 13.7. The number of rotatable bonds is 3. The number of anilines is 2. The van der Waals surface area contributed by atoms with Gasteiger partial charge in [0.15, 0.2) is 0 Å². The van der Waals surface area contributed by atoms with Gasteiger partial charge < -0.3 is 10.4 Å². The number of nitrogens with zero attached hydrogens (tertiary/aromatic N) is 1. The molecule has 0 aliphatic carbocycles. The van der Waals surface area contributed by atoms with E-state index in [0.717, 1.165) is 6.07 Å². The molecule has 0 fully saturated rings. The monoisotopic (exact) mass is 256 g/mol. The van der Waals surface area contributed by atoms with Gasteiger partial charge in [-0.3, -0.25) is 0 Å². The number of para-hydroxylation sites is 2. The lowest BCUT2D eigenvalue weighted by Crippen LogP contribution is -2.05. The van der Waals surface area contributed by atoms with E-state index in [1.165, 1.54) is 12.1 Å². The van der Waals surface area contributed by atoms with Crippen LogP contribution in [0.1, 0.15) is 15.9 Å². The summed E-state index contributed by atoms with van der Waals surface area (Å²) in [6, 6.07) is 12.2. The third-order valence-electron chi connectivity index (χ3n) is 2.55. The number of hydrogen-bond acceptors (Lipinski definition) is 3. The largest absolute Gasteiger partial charge is 0.478 e. The van der Waals surface area contributed by atoms with Crippen LogP contribution in [-0.2, 0) is 0 Å². The molecule has 0 aromatic heterocycles. The molecule has 94 valence electrons. The Morgan fingerprint density at radius 1 is 1.21 bits per heavy atom. The van der Waals surface area contributed by atoms with E-state index in [1.807, 2.05) is 6.07 Å². The Morgan fingerprint density at radius 2 is 1.95 bits per heavy atom. The number of carboxylic acid groups (broad SMARTS) is 1. The molecule has 0 amide bonds. The molecule has 0 aliphatic heterocycles. The van der Waals surface area contributed by atoms with Crippen LogP contribution in [-0.4, -0.2) is 11.1 Å². The normalized spacial score (nSPS) is 9.68. The van der Waals surface area contributed by atoms with Gasteiger partial charge in [-0.1, -0.05) is 18.2 Å². The van der Waals surface area contributed by atoms with Crippen LogP contribution >= 0.6 is 0 Å². The third kappa shape index (κ3) is 2.53. The van der Waals surface area contributed by atoms with Crippen molar-refractivity contribution < 1.29 is 14.3 Å². The summed E-state index contributed by atoms with van der Waals surface area (Å²) < 4.78 is 13.7. The molecule has 19 heavy (non-hydrogen) atoms. The van der Waals surface area contributed by atoms with Crippen molar-refractivity contribution in [3.63, 3.8) is 0 Å². The van der Waals surface area contributed by atoms with Crippen LogP contribution in [0.15, 0.2) is 42.5 Å². The predicted octanol–water partition coefficient (Wildman–Crippen LogP) is 3.14. The van der Waals surface area contributed by atoms with Gasteiger partial charge in [0.05, 0.1) is 22.5 Å². The van der Waals surface area contributed by atoms with E-state index in [1.54, 1.807) is 24.3 Å². The van der Waals surface area contributed by atoms with Gasteiger partial charge in [0.2, 0.25) is 0 Å². The van der Waals surface area contributed by atoms with Crippen molar-refractivity contribution in [2.75, 3.05) is 5.32 Å². The molecular formula is C14H9FN2O2. The zero-order valence-electron chi connectivity index (χ0n) is 9.72. The Balaban J connectivity index is 2.50. The van der Waals surface area contributed by atoms with Crippen molar-refractivity contribution in [2.45, 2.75) is 0 Å². The SMILES string of the molecule is N#Cc1ccccc1Nc1c(F)cccc1C(=O)O. The molecule has 2 aromatic carbocycles. The molecule has 0 radical (unpaired) electrons. The lowest BCUT2D eigenvalue weighted by atomic mass is 10.1. The maximum absolute atomic E-state index is 13.7. The average Bonchev–Trinajstić information content (AvgIpc) is 2.41. The molecule has 2 N–H and O–H groups in total. The van der Waals surface area contributed by atoms with Gasteiger partial charge >= 0.3 is 5.97 Å². The van der Waals surface area contributed by atoms with Gasteiger partial charge in [-0.2, -0.15) is 5.26 Å². The van der Waals surface area contributed by atoms with E-state index in [4.69, 9.17) is 10.4 Å². The highest BCUT2D eigenvalue weighted by atomic mass is 19.1. The van der Waals surface area contributed by atoms with Gasteiger partial charge in [-0.25, -0.2) is 9.18 Å². The van der Waals surface area contributed by atoms with Crippen LogP contribution in [0.5, 0.6) is 0 Å². The van der Waals surface area contributed by atoms with E-state index in [-0.39, 0.29) is 11.3 Å². The molecule has 0 saturated heterocycles. The minimum atomic E-state index is -1.24. The van der Waals surface area contributed by atoms with E-state index in [0.29, 0.717) is 11.3 Å². The molecule has 0 unspecified atom stereocenters. The maximum Gasteiger partial charge on any atom is 0.337 e. The number of hydrogen-bond donors (Lipinski definition) is 2. The summed E-state index contributed by atoms with van der Waals surface area (Å²) >= 11 is 0. The van der Waals surface area contributed by atoms with Crippen LogP contribution in [0.4, 0.5) is 15.8 Å². The average molecular weight is 256 g/mol. The van der Waals surface area contributed by atoms with E-state index >= 15 is 0 Å². The first kappa shape index (κ1) is 12.6. The fourth-order valence-electron chi connectivity index (χ4n) is 1.65. The minimum Gasteiger partial charge on any atom is -0.478 e. The van der Waals surface area contributed by atoms with Crippen LogP contribution in [0.25, 0.3) is 0 Å². The Labute approximate surface area is 108 Å². The Kier molecular flexibility index (Phi) is 3.44. The van der Waals surface area contributed by atoms with Gasteiger partial charge in [-0.05, 0) is 24.3 Å². The van der Waals surface area contributed by atoms with Gasteiger partial charge in [0, 0.05) is 0 Å². The quantitative estimate of drug-likeness (QED) is 0.884. The van der Waals surface area contributed by atoms with Crippen molar-refractivity contribution in [2.24, 2.45) is 0 Å². The second kappa shape index (κ2) is 5.19. The summed E-state index contributed by atoms with van der Waals surface area (Å²) in [6.45, 7) is 0. The van der Waals surface area contributed by atoms with Crippen molar-refractivity contribution in [1.29, 1.82) is 5.26 Å². The fraction of sp³-hybridized carbons (Fsp3) is 0. The summed E-state index contributed by atoms with van der Waals surface area (Å²) in [6.07, 6.45) is 0. The number of carboxylic acids is 1. The third-order valence-corrected chi connectivity index (χ3v) is 2.55. The lowest BCUT2D eigenvalue weighted by molar-refractivity contribution is 0.0697. The van der Waals surface area contributed by atoms with Crippen LogP contribution < -0.4 is 5.32 Å². The van der Waals surface area contributed by atoms with Crippen LogP contribution in [0.2, 0.25) is 0 Å². The van der Waals surface area contributed by atoms with Gasteiger partial charge in [-0.15, -0.1) is 0 Å². The molecular weight excluding hydrogens is 247 g/mol. The van der Waals surface area contributed by atoms with E-state index in [2.05, 4.69) is 5.32 Å². The Hall–Kier alpha value is -2.87. The van der Waals surface area contributed by atoms with Crippen molar-refractivity contribution in [3.8, 4) is 6.07 Å². The molecule has 2 aromatic rings. The van der Waals surface area contributed by atoms with Crippen molar-refractivity contribution >= 4 is 17.3 Å². The summed E-state index contributed by atoms with van der Waals surface area (Å²) in [5, 5.41) is 20.6. The number of halogens is 1. The molecule has 5 heteroatoms. The standard InChI is InChI=1S/C14H9FN2O2/c15-11-6-3-5-10(14(18)19)13(11)17-12-7-2-1-4-9(12)8-16/h1-7,17H,(H,18,19). The van der Waals surface area contributed by atoms with E-state index in [9.17, 15) is 9.18 Å². The summed E-state index contributed by atoms with van der Waals surface area (Å²) in [5.74, 6) is -1.93. The number of carbonyl (C=O) groups is 1. The first-order valence-corrected chi connectivity index (χ1v) is 5.41. The predicted molar refractivity (Wildman–Crippen MR) is 67.8 cm³/mol. The minimum absolute atomic E-state index is 0.155. The summed E-state index contributed by atoms with van der Waals surface area (Å²) in [7, 11) is 0. The highest BCUT2D eigenvalue weighted by Gasteiger charge is 2.15. The molecule has 0 bridgehead atoms. The molecule has 0 aliphatic rings. The number of nitrogens with one attached hydrogen (secondary N) is 1. The van der Waals surface area contributed by atoms with Crippen LogP contribution in [0, 0.1) is 17.1 Å². The van der Waals surface area contributed by atoms with Gasteiger partial charge in [0.1, 0.15) is 11.9 Å². The zero-order valence-corrected chi connectivity index (χ0v) is 9.72. The highest BCUT2D eigenvalue weighted by Crippen LogP contribution is 2.26. The second-order valence-corrected chi connectivity index (χ2v) is 3.75. The highest BCUT2D eigenvalue weighted by molar-refractivity contribution is 5.95. The molecule has 2 rings (SSSR count). The molecule has 0 spiro atoms. The van der Waals surface area contributed by atoms with Crippen molar-refractivity contribution in [1.82, 2.24) is 0 Å². The fourth-order valence-corrected chi connectivity index (χ4v) is 1.65. The Bertz CT molecular complexity index is 677. The molecule has 0 saturated carbocycles. The molecule has 0 atom stereocenters. The van der Waals surface area contributed by atoms with Crippen LogP contribution in [0.3, 0.4) is 0 Å². The number of nitriles is 1. The molecule has 0 heterocycles. The Morgan fingerprint density at radius 3 is 2.63 bits per heavy atom. The summed E-state index contributed by atoms with van der Waals surface area (Å²) in [5.41, 5.74) is 0.324. The summed E-state index contributed by atoms with van der Waals surface area (Å²) in [4.78, 5) is 11.0. The van der Waals surface area contributed by atoms with Gasteiger partial charge in [0.25, 0.3) is 0 Å². The second-order valence-electron chi connectivity index (χ2n) is 3.75. The number of aromatic carboxylic acids is 1. The topological polar surface area (TPSA) is 73.1 Å². The first-order chi connectivity index (χ1) is 9.13. The lowest BCUT2D eigenvalue weighted by Gasteiger charge is -2.11.